The minimum absolute atomic E-state index is 0.0698. The van der Waals surface area contributed by atoms with Crippen molar-refractivity contribution in [3.8, 4) is 0 Å². The van der Waals surface area contributed by atoms with Crippen molar-refractivity contribution in [3.63, 3.8) is 0 Å². The van der Waals surface area contributed by atoms with Gasteiger partial charge in [0, 0.05) is 37.0 Å². The van der Waals surface area contributed by atoms with Crippen LogP contribution >= 0.6 is 11.6 Å². The molecule has 9 heteroatoms. The SMILES string of the molecule is C[C@H](Nc1ccnn2ccnc12)c1cc2cccc(Cl)c2c(C(=O)NC2CCOCC2)n1. The van der Waals surface area contributed by atoms with E-state index in [0.29, 0.717) is 29.3 Å². The number of aromatic nitrogens is 4. The Morgan fingerprint density at radius 2 is 2.09 bits per heavy atom. The molecule has 0 spiro atoms. The number of ether oxygens (including phenoxy) is 1. The third kappa shape index (κ3) is 3.99. The van der Waals surface area contributed by atoms with Crippen LogP contribution in [0.1, 0.15) is 42.0 Å². The lowest BCUT2D eigenvalue weighted by Gasteiger charge is -2.23. The van der Waals surface area contributed by atoms with E-state index in [1.807, 2.05) is 31.2 Å². The number of hydrogen-bond acceptors (Lipinski definition) is 6. The summed E-state index contributed by atoms with van der Waals surface area (Å²) in [5.41, 5.74) is 2.63. The van der Waals surface area contributed by atoms with Crippen LogP contribution in [0, 0.1) is 0 Å². The molecule has 5 rings (SSSR count). The number of carbonyl (C=O) groups excluding carboxylic acids is 1. The van der Waals surface area contributed by atoms with Gasteiger partial charge < -0.3 is 15.4 Å². The number of carbonyl (C=O) groups is 1. The van der Waals surface area contributed by atoms with Crippen LogP contribution in [0.25, 0.3) is 16.4 Å². The Kier molecular flexibility index (Phi) is 5.63. The molecule has 8 nitrogen and oxygen atoms in total. The number of anilines is 1. The van der Waals surface area contributed by atoms with Crippen LogP contribution in [0.2, 0.25) is 5.02 Å². The van der Waals surface area contributed by atoms with Crippen molar-refractivity contribution in [3.05, 3.63) is 65.3 Å². The molecule has 4 heterocycles. The first kappa shape index (κ1) is 20.7. The summed E-state index contributed by atoms with van der Waals surface area (Å²) in [5.74, 6) is -0.219. The number of nitrogens with zero attached hydrogens (tertiary/aromatic N) is 4. The quantitative estimate of drug-likeness (QED) is 0.477. The van der Waals surface area contributed by atoms with Gasteiger partial charge in [0.2, 0.25) is 0 Å². The highest BCUT2D eigenvalue weighted by Crippen LogP contribution is 2.30. The summed E-state index contributed by atoms with van der Waals surface area (Å²) in [4.78, 5) is 22.4. The number of hydrogen-bond donors (Lipinski definition) is 2. The van der Waals surface area contributed by atoms with Crippen LogP contribution in [0.4, 0.5) is 5.69 Å². The smallest absolute Gasteiger partial charge is 0.270 e. The summed E-state index contributed by atoms with van der Waals surface area (Å²) in [6.45, 7) is 3.29. The highest BCUT2D eigenvalue weighted by Gasteiger charge is 2.22. The fraction of sp³-hybridized carbons (Fsp3) is 0.304. The van der Waals surface area contributed by atoms with Crippen molar-refractivity contribution >= 4 is 39.6 Å². The minimum atomic E-state index is -0.219. The van der Waals surface area contributed by atoms with E-state index in [1.165, 1.54) is 0 Å². The van der Waals surface area contributed by atoms with Crippen molar-refractivity contribution in [1.82, 2.24) is 24.9 Å². The average molecular weight is 451 g/mol. The molecule has 3 aromatic heterocycles. The van der Waals surface area contributed by atoms with E-state index in [-0.39, 0.29) is 18.0 Å². The first-order valence-electron chi connectivity index (χ1n) is 10.6. The Balaban J connectivity index is 1.50. The number of amides is 1. The predicted molar refractivity (Wildman–Crippen MR) is 123 cm³/mol. The van der Waals surface area contributed by atoms with E-state index in [1.54, 1.807) is 29.2 Å². The molecule has 1 aliphatic rings. The van der Waals surface area contributed by atoms with Gasteiger partial charge >= 0.3 is 0 Å². The van der Waals surface area contributed by atoms with E-state index in [4.69, 9.17) is 21.3 Å². The lowest BCUT2D eigenvalue weighted by molar-refractivity contribution is 0.0695. The third-order valence-corrected chi connectivity index (χ3v) is 6.02. The normalized spacial score (nSPS) is 15.7. The molecular formula is C23H23ClN6O2. The Morgan fingerprint density at radius 1 is 1.25 bits per heavy atom. The molecule has 2 N–H and O–H groups in total. The number of benzene rings is 1. The molecule has 1 amide bonds. The lowest BCUT2D eigenvalue weighted by Crippen LogP contribution is -2.39. The van der Waals surface area contributed by atoms with Gasteiger partial charge in [-0.05, 0) is 43.4 Å². The summed E-state index contributed by atoms with van der Waals surface area (Å²) >= 11 is 6.49. The molecule has 164 valence electrons. The Morgan fingerprint density at radius 3 is 2.94 bits per heavy atom. The summed E-state index contributed by atoms with van der Waals surface area (Å²) < 4.78 is 7.10. The van der Waals surface area contributed by atoms with Crippen LogP contribution in [0.15, 0.2) is 48.9 Å². The summed E-state index contributed by atoms with van der Waals surface area (Å²) in [5, 5.41) is 12.8. The summed E-state index contributed by atoms with van der Waals surface area (Å²) in [6.07, 6.45) is 6.78. The van der Waals surface area contributed by atoms with Crippen molar-refractivity contribution in [1.29, 1.82) is 0 Å². The Labute approximate surface area is 190 Å². The zero-order chi connectivity index (χ0) is 22.1. The Hall–Kier alpha value is -3.23. The van der Waals surface area contributed by atoms with E-state index in [9.17, 15) is 4.79 Å². The first-order chi connectivity index (χ1) is 15.6. The number of pyridine rings is 1. The van der Waals surface area contributed by atoms with Gasteiger partial charge in [-0.25, -0.2) is 14.5 Å². The maximum atomic E-state index is 13.2. The van der Waals surface area contributed by atoms with Gasteiger partial charge in [0.15, 0.2) is 5.65 Å². The monoisotopic (exact) mass is 450 g/mol. The topological polar surface area (TPSA) is 93.4 Å². The molecule has 1 fully saturated rings. The van der Waals surface area contributed by atoms with Crippen LogP contribution < -0.4 is 10.6 Å². The number of nitrogens with one attached hydrogen (secondary N) is 2. The van der Waals surface area contributed by atoms with Gasteiger partial charge in [0.1, 0.15) is 5.69 Å². The van der Waals surface area contributed by atoms with Gasteiger partial charge in [0.25, 0.3) is 5.91 Å². The first-order valence-corrected chi connectivity index (χ1v) is 11.0. The predicted octanol–water partition coefficient (Wildman–Crippen LogP) is 4.01. The Bertz CT molecular complexity index is 1280. The second-order valence-electron chi connectivity index (χ2n) is 7.90. The van der Waals surface area contributed by atoms with E-state index in [0.717, 1.165) is 35.3 Å². The lowest BCUT2D eigenvalue weighted by atomic mass is 10.0. The van der Waals surface area contributed by atoms with Crippen molar-refractivity contribution in [2.75, 3.05) is 18.5 Å². The van der Waals surface area contributed by atoms with E-state index < -0.39 is 0 Å². The largest absolute Gasteiger partial charge is 0.381 e. The van der Waals surface area contributed by atoms with E-state index in [2.05, 4.69) is 20.7 Å². The highest BCUT2D eigenvalue weighted by atomic mass is 35.5. The second-order valence-corrected chi connectivity index (χ2v) is 8.31. The number of fused-ring (bicyclic) bond motifs is 2. The molecule has 0 aliphatic carbocycles. The minimum Gasteiger partial charge on any atom is -0.381 e. The molecule has 32 heavy (non-hydrogen) atoms. The summed E-state index contributed by atoms with van der Waals surface area (Å²) in [7, 11) is 0. The van der Waals surface area contributed by atoms with Gasteiger partial charge in [-0.3, -0.25) is 4.79 Å². The summed E-state index contributed by atoms with van der Waals surface area (Å²) in [6, 6.07) is 9.33. The van der Waals surface area contributed by atoms with Crippen LogP contribution in [0.3, 0.4) is 0 Å². The van der Waals surface area contributed by atoms with Crippen LogP contribution in [0.5, 0.6) is 0 Å². The third-order valence-electron chi connectivity index (χ3n) is 5.71. The average Bonchev–Trinajstić information content (AvgIpc) is 3.29. The molecule has 0 saturated carbocycles. The molecule has 1 atom stereocenters. The van der Waals surface area contributed by atoms with Crippen molar-refractivity contribution in [2.24, 2.45) is 0 Å². The zero-order valence-electron chi connectivity index (χ0n) is 17.6. The van der Waals surface area contributed by atoms with Gasteiger partial charge in [-0.2, -0.15) is 5.10 Å². The van der Waals surface area contributed by atoms with Crippen LogP contribution in [-0.4, -0.2) is 44.7 Å². The second kappa shape index (κ2) is 8.72. The number of rotatable bonds is 5. The molecule has 1 aliphatic heterocycles. The molecule has 4 aromatic rings. The maximum absolute atomic E-state index is 13.2. The fourth-order valence-corrected chi connectivity index (χ4v) is 4.30. The number of halogens is 1. The van der Waals surface area contributed by atoms with Gasteiger partial charge in [0.05, 0.1) is 28.6 Å². The molecule has 0 radical (unpaired) electrons. The van der Waals surface area contributed by atoms with E-state index >= 15 is 0 Å². The zero-order valence-corrected chi connectivity index (χ0v) is 18.3. The van der Waals surface area contributed by atoms with Gasteiger partial charge in [-0.1, -0.05) is 23.7 Å². The molecular weight excluding hydrogens is 428 g/mol. The molecule has 1 aromatic carbocycles. The fourth-order valence-electron chi connectivity index (χ4n) is 4.03. The van der Waals surface area contributed by atoms with Crippen molar-refractivity contribution < 1.29 is 9.53 Å². The van der Waals surface area contributed by atoms with Crippen molar-refractivity contribution in [2.45, 2.75) is 31.8 Å². The maximum Gasteiger partial charge on any atom is 0.270 e. The highest BCUT2D eigenvalue weighted by molar-refractivity contribution is 6.36. The standard InChI is InChI=1S/C23H23ClN6O2/c1-14(27-18-5-8-26-30-10-9-25-22(18)30)19-13-15-3-2-4-17(24)20(15)21(29-19)23(31)28-16-6-11-32-12-7-16/h2-5,8-10,13-14,16,27H,6-7,11-12H2,1H3,(H,28,31)/t14-/m0/s1. The molecule has 1 saturated heterocycles. The molecule has 0 unspecified atom stereocenters. The molecule has 0 bridgehead atoms. The van der Waals surface area contributed by atoms with Gasteiger partial charge in [-0.15, -0.1) is 0 Å². The van der Waals surface area contributed by atoms with Crippen LogP contribution in [-0.2, 0) is 4.74 Å². The number of imidazole rings is 1.